The SMILES string of the molecule is C=C(Br)CNC(=O)c1ccc(Cl)c(S(=O)(=O)Nc2ccc(F)cc2)c1. The molecule has 0 aliphatic rings. The second kappa shape index (κ2) is 7.99. The highest BCUT2D eigenvalue weighted by Crippen LogP contribution is 2.25. The van der Waals surface area contributed by atoms with Crippen LogP contribution in [0, 0.1) is 5.82 Å². The van der Waals surface area contributed by atoms with Gasteiger partial charge in [-0.15, -0.1) is 0 Å². The molecule has 0 unspecified atom stereocenters. The van der Waals surface area contributed by atoms with Gasteiger partial charge in [0.25, 0.3) is 15.9 Å². The number of amides is 1. The number of nitrogens with one attached hydrogen (secondary N) is 2. The third-order valence-corrected chi connectivity index (χ3v) is 5.16. The van der Waals surface area contributed by atoms with Crippen molar-refractivity contribution in [1.29, 1.82) is 0 Å². The van der Waals surface area contributed by atoms with Crippen LogP contribution in [0.2, 0.25) is 5.02 Å². The van der Waals surface area contributed by atoms with E-state index in [4.69, 9.17) is 11.6 Å². The lowest BCUT2D eigenvalue weighted by Crippen LogP contribution is -2.25. The molecule has 25 heavy (non-hydrogen) atoms. The fraction of sp³-hybridized carbons (Fsp3) is 0.0625. The maximum Gasteiger partial charge on any atom is 0.263 e. The van der Waals surface area contributed by atoms with Crippen molar-refractivity contribution < 1.29 is 17.6 Å². The van der Waals surface area contributed by atoms with Crippen LogP contribution in [0.3, 0.4) is 0 Å². The van der Waals surface area contributed by atoms with Gasteiger partial charge in [0.2, 0.25) is 0 Å². The maximum absolute atomic E-state index is 12.9. The van der Waals surface area contributed by atoms with Gasteiger partial charge in [-0.25, -0.2) is 12.8 Å². The van der Waals surface area contributed by atoms with E-state index >= 15 is 0 Å². The van der Waals surface area contributed by atoms with Gasteiger partial charge in [-0.05, 0) is 42.5 Å². The molecule has 5 nitrogen and oxygen atoms in total. The van der Waals surface area contributed by atoms with Crippen molar-refractivity contribution >= 4 is 49.1 Å². The Labute approximate surface area is 158 Å². The second-order valence-electron chi connectivity index (χ2n) is 4.96. The number of carbonyl (C=O) groups is 1. The number of carbonyl (C=O) groups excluding carboxylic acids is 1. The average molecular weight is 448 g/mol. The molecule has 2 aromatic rings. The van der Waals surface area contributed by atoms with Gasteiger partial charge in [-0.1, -0.05) is 34.1 Å². The number of hydrogen-bond donors (Lipinski definition) is 2. The van der Waals surface area contributed by atoms with Crippen molar-refractivity contribution in [2.24, 2.45) is 0 Å². The van der Waals surface area contributed by atoms with Gasteiger partial charge < -0.3 is 5.32 Å². The molecule has 2 rings (SSSR count). The van der Waals surface area contributed by atoms with E-state index in [1.54, 1.807) is 0 Å². The predicted octanol–water partition coefficient (Wildman–Crippen LogP) is 3.92. The molecule has 0 bridgehead atoms. The molecule has 0 atom stereocenters. The van der Waals surface area contributed by atoms with Gasteiger partial charge in [0.15, 0.2) is 0 Å². The second-order valence-corrected chi connectivity index (χ2v) is 8.14. The van der Waals surface area contributed by atoms with Crippen molar-refractivity contribution in [2.45, 2.75) is 4.90 Å². The van der Waals surface area contributed by atoms with E-state index in [0.29, 0.717) is 4.48 Å². The van der Waals surface area contributed by atoms with E-state index in [2.05, 4.69) is 32.5 Å². The summed E-state index contributed by atoms with van der Waals surface area (Å²) in [6.07, 6.45) is 0. The number of benzene rings is 2. The number of anilines is 1. The minimum Gasteiger partial charge on any atom is -0.347 e. The molecule has 2 aromatic carbocycles. The number of sulfonamides is 1. The minimum atomic E-state index is -4.06. The average Bonchev–Trinajstić information content (AvgIpc) is 2.54. The summed E-state index contributed by atoms with van der Waals surface area (Å²) < 4.78 is 40.8. The van der Waals surface area contributed by atoms with Gasteiger partial charge in [-0.3, -0.25) is 9.52 Å². The Morgan fingerprint density at radius 1 is 1.20 bits per heavy atom. The topological polar surface area (TPSA) is 75.3 Å². The highest BCUT2D eigenvalue weighted by Gasteiger charge is 2.20. The van der Waals surface area contributed by atoms with Crippen molar-refractivity contribution in [3.63, 3.8) is 0 Å². The largest absolute Gasteiger partial charge is 0.347 e. The Balaban J connectivity index is 2.30. The molecule has 0 spiro atoms. The molecule has 0 aromatic heterocycles. The van der Waals surface area contributed by atoms with Crippen LogP contribution in [0.5, 0.6) is 0 Å². The van der Waals surface area contributed by atoms with Crippen LogP contribution in [-0.4, -0.2) is 20.9 Å². The Kier molecular flexibility index (Phi) is 6.21. The molecule has 0 saturated carbocycles. The third-order valence-electron chi connectivity index (χ3n) is 3.02. The molecule has 9 heteroatoms. The van der Waals surface area contributed by atoms with Crippen LogP contribution < -0.4 is 10.0 Å². The van der Waals surface area contributed by atoms with E-state index in [9.17, 15) is 17.6 Å². The van der Waals surface area contributed by atoms with E-state index in [1.165, 1.54) is 30.3 Å². The van der Waals surface area contributed by atoms with Gasteiger partial charge >= 0.3 is 0 Å². The van der Waals surface area contributed by atoms with Crippen molar-refractivity contribution in [3.05, 3.63) is 69.9 Å². The molecule has 0 heterocycles. The quantitative estimate of drug-likeness (QED) is 0.705. The zero-order valence-electron chi connectivity index (χ0n) is 12.7. The molecule has 132 valence electrons. The molecule has 0 aliphatic heterocycles. The Hall–Kier alpha value is -1.90. The molecule has 2 N–H and O–H groups in total. The van der Waals surface area contributed by atoms with Crippen molar-refractivity contribution in [3.8, 4) is 0 Å². The smallest absolute Gasteiger partial charge is 0.263 e. The molecule has 1 amide bonds. The first kappa shape index (κ1) is 19.4. The van der Waals surface area contributed by atoms with Crippen LogP contribution >= 0.6 is 27.5 Å². The Morgan fingerprint density at radius 2 is 1.84 bits per heavy atom. The molecule has 0 fully saturated rings. The first-order valence-electron chi connectivity index (χ1n) is 6.88. The monoisotopic (exact) mass is 446 g/mol. The zero-order valence-corrected chi connectivity index (χ0v) is 15.9. The number of rotatable bonds is 6. The van der Waals surface area contributed by atoms with E-state index < -0.39 is 21.7 Å². The normalized spacial score (nSPS) is 11.0. The molecular weight excluding hydrogens is 435 g/mol. The van der Waals surface area contributed by atoms with E-state index in [-0.39, 0.29) is 27.7 Å². The van der Waals surface area contributed by atoms with Crippen molar-refractivity contribution in [1.82, 2.24) is 5.32 Å². The van der Waals surface area contributed by atoms with E-state index in [0.717, 1.165) is 12.1 Å². The van der Waals surface area contributed by atoms with Crippen molar-refractivity contribution in [2.75, 3.05) is 11.3 Å². The highest BCUT2D eigenvalue weighted by molar-refractivity contribution is 9.11. The lowest BCUT2D eigenvalue weighted by Gasteiger charge is -2.11. The Bertz CT molecular complexity index is 917. The summed E-state index contributed by atoms with van der Waals surface area (Å²) in [6, 6.07) is 8.69. The molecule has 0 aliphatic carbocycles. The van der Waals surface area contributed by atoms with Crippen LogP contribution in [-0.2, 0) is 10.0 Å². The summed E-state index contributed by atoms with van der Waals surface area (Å²) in [4.78, 5) is 11.8. The molecule has 0 saturated heterocycles. The van der Waals surface area contributed by atoms with Gasteiger partial charge in [-0.2, -0.15) is 0 Å². The lowest BCUT2D eigenvalue weighted by molar-refractivity contribution is 0.0957. The Morgan fingerprint density at radius 3 is 2.44 bits per heavy atom. The summed E-state index contributed by atoms with van der Waals surface area (Å²) in [5, 5.41) is 2.52. The fourth-order valence-corrected chi connectivity index (χ4v) is 3.58. The standard InChI is InChI=1S/C16H13BrClFN2O3S/c1-10(17)9-20-16(22)11-2-7-14(18)15(8-11)25(23,24)21-13-5-3-12(19)4-6-13/h2-8,21H,1,9H2,(H,20,22). The first-order chi connectivity index (χ1) is 11.7. The zero-order chi connectivity index (χ0) is 18.6. The van der Waals surface area contributed by atoms with Gasteiger partial charge in [0.05, 0.1) is 5.02 Å². The van der Waals surface area contributed by atoms with Crippen LogP contribution in [0.15, 0.2) is 58.4 Å². The predicted molar refractivity (Wildman–Crippen MR) is 99.1 cm³/mol. The summed E-state index contributed by atoms with van der Waals surface area (Å²) in [7, 11) is -4.06. The fourth-order valence-electron chi connectivity index (χ4n) is 1.86. The highest BCUT2D eigenvalue weighted by atomic mass is 79.9. The minimum absolute atomic E-state index is 0.0453. The van der Waals surface area contributed by atoms with Crippen LogP contribution in [0.1, 0.15) is 10.4 Å². The third kappa shape index (κ3) is 5.29. The van der Waals surface area contributed by atoms with E-state index in [1.807, 2.05) is 0 Å². The number of hydrogen-bond acceptors (Lipinski definition) is 3. The summed E-state index contributed by atoms with van der Waals surface area (Å²) in [6.45, 7) is 3.78. The molecule has 0 radical (unpaired) electrons. The van der Waals surface area contributed by atoms with Gasteiger partial charge in [0.1, 0.15) is 10.7 Å². The maximum atomic E-state index is 12.9. The first-order valence-corrected chi connectivity index (χ1v) is 9.54. The summed E-state index contributed by atoms with van der Waals surface area (Å²) in [5.74, 6) is -0.969. The lowest BCUT2D eigenvalue weighted by atomic mass is 10.2. The van der Waals surface area contributed by atoms with Gasteiger partial charge in [0, 0.05) is 22.3 Å². The molecular formula is C16H13BrClFN2O3S. The summed E-state index contributed by atoms with van der Waals surface area (Å²) in [5.41, 5.74) is 0.292. The summed E-state index contributed by atoms with van der Waals surface area (Å²) >= 11 is 9.08. The van der Waals surface area contributed by atoms with Crippen LogP contribution in [0.4, 0.5) is 10.1 Å². The van der Waals surface area contributed by atoms with Crippen LogP contribution in [0.25, 0.3) is 0 Å². The number of halogens is 3.